The van der Waals surface area contributed by atoms with Crippen LogP contribution >= 0.6 is 11.3 Å². The molecule has 2 aromatic heterocycles. The number of aryl methyl sites for hydroxylation is 2. The summed E-state index contributed by atoms with van der Waals surface area (Å²) in [7, 11) is 0. The summed E-state index contributed by atoms with van der Waals surface area (Å²) < 4.78 is 2.00. The van der Waals surface area contributed by atoms with Gasteiger partial charge in [0.05, 0.1) is 11.7 Å². The predicted octanol–water partition coefficient (Wildman–Crippen LogP) is 2.76. The monoisotopic (exact) mass is 290 g/mol. The molecule has 1 atom stereocenters. The molecular weight excluding hydrogens is 268 g/mol. The van der Waals surface area contributed by atoms with Crippen LogP contribution in [-0.2, 0) is 19.3 Å². The van der Waals surface area contributed by atoms with Gasteiger partial charge < -0.3 is 0 Å². The van der Waals surface area contributed by atoms with Crippen LogP contribution in [0.3, 0.4) is 0 Å². The molecule has 0 aromatic carbocycles. The molecule has 0 spiro atoms. The van der Waals surface area contributed by atoms with E-state index in [1.54, 1.807) is 4.88 Å². The van der Waals surface area contributed by atoms with Crippen LogP contribution in [0.2, 0.25) is 0 Å². The number of fused-ring (bicyclic) bond motifs is 1. The zero-order chi connectivity index (χ0) is 14.1. The lowest BCUT2D eigenvalue weighted by atomic mass is 10.1. The Labute approximate surface area is 124 Å². The minimum Gasteiger partial charge on any atom is -0.271 e. The number of rotatable bonds is 5. The van der Waals surface area contributed by atoms with E-state index < -0.39 is 0 Å². The van der Waals surface area contributed by atoms with E-state index in [0.29, 0.717) is 6.04 Å². The van der Waals surface area contributed by atoms with Gasteiger partial charge in [-0.1, -0.05) is 0 Å². The average Bonchev–Trinajstić information content (AvgIpc) is 3.10. The van der Waals surface area contributed by atoms with E-state index in [0.717, 1.165) is 12.1 Å². The van der Waals surface area contributed by atoms with Gasteiger partial charge in [0, 0.05) is 28.4 Å². The molecule has 1 unspecified atom stereocenters. The Bertz CT molecular complexity index is 563. The first-order valence-electron chi connectivity index (χ1n) is 7.29. The highest BCUT2D eigenvalue weighted by Crippen LogP contribution is 2.34. The minimum absolute atomic E-state index is 0.168. The Hall–Kier alpha value is -1.17. The topological polar surface area (TPSA) is 55.9 Å². The molecule has 0 bridgehead atoms. The highest BCUT2D eigenvalue weighted by Gasteiger charge is 2.20. The van der Waals surface area contributed by atoms with Gasteiger partial charge in [0.2, 0.25) is 0 Å². The maximum absolute atomic E-state index is 5.76. The van der Waals surface area contributed by atoms with Gasteiger partial charge in [-0.2, -0.15) is 5.10 Å². The van der Waals surface area contributed by atoms with Crippen LogP contribution in [0.5, 0.6) is 0 Å². The number of aromatic nitrogens is 2. The fourth-order valence-corrected chi connectivity index (χ4v) is 4.07. The van der Waals surface area contributed by atoms with E-state index in [2.05, 4.69) is 36.5 Å². The van der Waals surface area contributed by atoms with Crippen molar-refractivity contribution in [3.63, 3.8) is 0 Å². The van der Waals surface area contributed by atoms with E-state index in [-0.39, 0.29) is 6.04 Å². The number of thiophene rings is 1. The quantitative estimate of drug-likeness (QED) is 0.657. The zero-order valence-corrected chi connectivity index (χ0v) is 12.9. The van der Waals surface area contributed by atoms with E-state index in [1.165, 1.54) is 29.7 Å². The Morgan fingerprint density at radius 1 is 1.45 bits per heavy atom. The molecule has 2 heterocycles. The molecule has 3 N–H and O–H groups in total. The van der Waals surface area contributed by atoms with Crippen molar-refractivity contribution in [1.82, 2.24) is 15.2 Å². The lowest BCUT2D eigenvalue weighted by Gasteiger charge is -2.13. The van der Waals surface area contributed by atoms with E-state index in [4.69, 9.17) is 5.84 Å². The summed E-state index contributed by atoms with van der Waals surface area (Å²) in [5.41, 5.74) is 5.57. The first kappa shape index (κ1) is 13.8. The first-order valence-corrected chi connectivity index (χ1v) is 8.10. The normalized spacial score (nSPS) is 15.8. The van der Waals surface area contributed by atoms with E-state index in [1.807, 2.05) is 22.2 Å². The summed E-state index contributed by atoms with van der Waals surface area (Å²) in [5.74, 6) is 5.76. The molecular formula is C15H22N4S. The summed E-state index contributed by atoms with van der Waals surface area (Å²) in [4.78, 5) is 2.89. The molecule has 20 heavy (non-hydrogen) atoms. The highest BCUT2D eigenvalue weighted by atomic mass is 32.1. The van der Waals surface area contributed by atoms with Crippen molar-refractivity contribution in [3.05, 3.63) is 39.3 Å². The smallest absolute Gasteiger partial charge is 0.0644 e. The number of hydrazine groups is 1. The second-order valence-corrected chi connectivity index (χ2v) is 6.92. The first-order chi connectivity index (χ1) is 9.67. The van der Waals surface area contributed by atoms with Crippen LogP contribution in [0.15, 0.2) is 18.3 Å². The molecule has 2 aromatic rings. The Morgan fingerprint density at radius 2 is 2.30 bits per heavy atom. The molecule has 0 radical (unpaired) electrons. The molecule has 0 fully saturated rings. The standard InChI is InChI=1S/C15H22N4S/c1-10(2)19-7-6-12(18-19)9-13(17-16)15-8-11-4-3-5-14(11)20-15/h6-8,10,13,17H,3-5,9,16H2,1-2H3. The number of hydrogen-bond donors (Lipinski definition) is 2. The van der Waals surface area contributed by atoms with Crippen molar-refractivity contribution in [3.8, 4) is 0 Å². The number of nitrogens with one attached hydrogen (secondary N) is 1. The molecule has 0 saturated heterocycles. The summed E-state index contributed by atoms with van der Waals surface area (Å²) in [5, 5.41) is 4.61. The lowest BCUT2D eigenvalue weighted by molar-refractivity contribution is 0.509. The summed E-state index contributed by atoms with van der Waals surface area (Å²) in [6, 6.07) is 4.99. The third-order valence-electron chi connectivity index (χ3n) is 3.92. The van der Waals surface area contributed by atoms with Crippen molar-refractivity contribution >= 4 is 11.3 Å². The molecule has 3 rings (SSSR count). The van der Waals surface area contributed by atoms with Gasteiger partial charge in [0.1, 0.15) is 0 Å². The fourth-order valence-electron chi connectivity index (χ4n) is 2.75. The zero-order valence-electron chi connectivity index (χ0n) is 12.1. The van der Waals surface area contributed by atoms with Crippen molar-refractivity contribution in [2.45, 2.75) is 51.6 Å². The van der Waals surface area contributed by atoms with E-state index in [9.17, 15) is 0 Å². The van der Waals surface area contributed by atoms with Crippen LogP contribution in [0.4, 0.5) is 0 Å². The SMILES string of the molecule is CC(C)n1ccc(CC(NN)c2cc3c(s2)CCC3)n1. The second-order valence-electron chi connectivity index (χ2n) is 5.75. The third kappa shape index (κ3) is 2.66. The molecule has 1 aliphatic rings. The molecule has 1 aliphatic carbocycles. The summed E-state index contributed by atoms with van der Waals surface area (Å²) >= 11 is 1.91. The van der Waals surface area contributed by atoms with Crippen molar-refractivity contribution in [2.24, 2.45) is 5.84 Å². The van der Waals surface area contributed by atoms with Crippen LogP contribution < -0.4 is 11.3 Å². The molecule has 108 valence electrons. The predicted molar refractivity (Wildman–Crippen MR) is 82.7 cm³/mol. The van der Waals surface area contributed by atoms with Crippen LogP contribution in [0.1, 0.15) is 53.4 Å². The Morgan fingerprint density at radius 3 is 2.95 bits per heavy atom. The highest BCUT2D eigenvalue weighted by molar-refractivity contribution is 7.12. The average molecular weight is 290 g/mol. The maximum atomic E-state index is 5.76. The fraction of sp³-hybridized carbons (Fsp3) is 0.533. The van der Waals surface area contributed by atoms with Crippen molar-refractivity contribution < 1.29 is 0 Å². The molecule has 5 heteroatoms. The Balaban J connectivity index is 1.75. The summed E-state index contributed by atoms with van der Waals surface area (Å²) in [6.45, 7) is 4.28. The van der Waals surface area contributed by atoms with Crippen LogP contribution in [0, 0.1) is 0 Å². The van der Waals surface area contributed by atoms with Gasteiger partial charge in [0.15, 0.2) is 0 Å². The minimum atomic E-state index is 0.168. The second kappa shape index (κ2) is 5.68. The summed E-state index contributed by atoms with van der Waals surface area (Å²) in [6.07, 6.45) is 6.66. The van der Waals surface area contributed by atoms with Crippen molar-refractivity contribution in [2.75, 3.05) is 0 Å². The van der Waals surface area contributed by atoms with Gasteiger partial charge in [-0.3, -0.25) is 16.0 Å². The van der Waals surface area contributed by atoms with Crippen LogP contribution in [-0.4, -0.2) is 9.78 Å². The largest absolute Gasteiger partial charge is 0.271 e. The lowest BCUT2D eigenvalue weighted by Crippen LogP contribution is -2.29. The van der Waals surface area contributed by atoms with Crippen molar-refractivity contribution in [1.29, 1.82) is 0 Å². The van der Waals surface area contributed by atoms with E-state index >= 15 is 0 Å². The Kier molecular flexibility index (Phi) is 3.92. The van der Waals surface area contributed by atoms with Gasteiger partial charge >= 0.3 is 0 Å². The number of hydrogen-bond acceptors (Lipinski definition) is 4. The van der Waals surface area contributed by atoms with Gasteiger partial charge in [-0.25, -0.2) is 0 Å². The number of nitrogens with two attached hydrogens (primary N) is 1. The molecule has 0 amide bonds. The molecule has 0 aliphatic heterocycles. The van der Waals surface area contributed by atoms with Gasteiger partial charge in [-0.15, -0.1) is 11.3 Å². The number of nitrogens with zero attached hydrogens (tertiary/aromatic N) is 2. The van der Waals surface area contributed by atoms with Gasteiger partial charge in [-0.05, 0) is 50.8 Å². The van der Waals surface area contributed by atoms with Gasteiger partial charge in [0.25, 0.3) is 0 Å². The molecule has 0 saturated carbocycles. The third-order valence-corrected chi connectivity index (χ3v) is 5.27. The maximum Gasteiger partial charge on any atom is 0.0644 e. The van der Waals surface area contributed by atoms with Crippen LogP contribution in [0.25, 0.3) is 0 Å². The molecule has 4 nitrogen and oxygen atoms in total.